The van der Waals surface area contributed by atoms with E-state index in [0.29, 0.717) is 5.75 Å². The number of phenols is 1. The summed E-state index contributed by atoms with van der Waals surface area (Å²) < 4.78 is 302. The highest BCUT2D eigenvalue weighted by molar-refractivity contribution is 7.95. The highest BCUT2D eigenvalue weighted by atomic mass is 32.2. The Morgan fingerprint density at radius 2 is 0.764 bits per heavy atom. The smallest absolute Gasteiger partial charge is 0.213 e. The van der Waals surface area contributed by atoms with Gasteiger partial charge in [0.1, 0.15) is 17.8 Å². The number of carbonyl (C=O) groups is 1. The molecule has 0 bridgehead atoms. The quantitative estimate of drug-likeness (QED) is 0.0601. The van der Waals surface area contributed by atoms with E-state index < -0.39 is 180 Å². The lowest BCUT2D eigenvalue weighted by Crippen LogP contribution is -2.24. The molecule has 0 saturated carbocycles. The van der Waals surface area contributed by atoms with Crippen molar-refractivity contribution in [1.82, 2.24) is 0 Å². The monoisotopic (exact) mass is 1060 g/mol. The molecule has 0 heterocycles. The maximum absolute atomic E-state index is 15.2. The Morgan fingerprint density at radius 1 is 0.431 bits per heavy atom. The summed E-state index contributed by atoms with van der Waals surface area (Å²) in [6, 6.07) is 17.3. The SMILES string of the molecule is C[S+](Cc1ccccc1)c1ccc(O)cc1.O=C([O-])c1cc(Oc2c(F)c(F)c(F)c(F)c2F)c(Oc2c(F)c(F)c(F)c(F)c2F)c(Oc2c(F)c(F)c(F)c(F)c2F)c1-c1c(F)c(F)c(F)c(F)c1F. The zero-order chi connectivity index (χ0) is 53.5. The molecule has 0 saturated heterocycles. The molecule has 1 N–H and O–H groups in total. The Labute approximate surface area is 389 Å². The van der Waals surface area contributed by atoms with Crippen LogP contribution in [0.5, 0.6) is 40.2 Å². The topological polar surface area (TPSA) is 88.1 Å². The lowest BCUT2D eigenvalue weighted by Gasteiger charge is -2.24. The zero-order valence-corrected chi connectivity index (χ0v) is 35.3. The van der Waals surface area contributed by atoms with Crippen molar-refractivity contribution in [2.24, 2.45) is 0 Å². The third kappa shape index (κ3) is 9.78. The summed E-state index contributed by atoms with van der Waals surface area (Å²) in [7, 11) is 0.196. The van der Waals surface area contributed by atoms with Crippen LogP contribution in [0.2, 0.25) is 0 Å². The number of ether oxygens (including phenoxy) is 3. The van der Waals surface area contributed by atoms with E-state index in [2.05, 4.69) is 44.7 Å². The molecule has 27 heteroatoms. The van der Waals surface area contributed by atoms with Crippen molar-refractivity contribution in [3.63, 3.8) is 0 Å². The minimum absolute atomic E-state index is 0.196. The van der Waals surface area contributed by atoms with Gasteiger partial charge in [-0.25, -0.2) is 61.5 Å². The van der Waals surface area contributed by atoms with Gasteiger partial charge in [0, 0.05) is 27.6 Å². The molecule has 0 aliphatic carbocycles. The van der Waals surface area contributed by atoms with Crippen LogP contribution in [0.3, 0.4) is 0 Å². The van der Waals surface area contributed by atoms with Gasteiger partial charge in [-0.3, -0.25) is 0 Å². The van der Waals surface area contributed by atoms with Crippen molar-refractivity contribution in [2.45, 2.75) is 10.6 Å². The van der Waals surface area contributed by atoms with Crippen LogP contribution in [0.4, 0.5) is 87.8 Å². The second-order valence-corrected chi connectivity index (χ2v) is 16.0. The second kappa shape index (κ2) is 20.9. The molecule has 0 spiro atoms. The van der Waals surface area contributed by atoms with Crippen LogP contribution in [0.1, 0.15) is 15.9 Å². The predicted molar refractivity (Wildman–Crippen MR) is 205 cm³/mol. The summed E-state index contributed by atoms with van der Waals surface area (Å²) in [5.41, 5.74) is -6.34. The molecule has 7 rings (SSSR count). The average Bonchev–Trinajstić information content (AvgIpc) is 3.36. The van der Waals surface area contributed by atoms with Gasteiger partial charge in [0.2, 0.25) is 116 Å². The summed E-state index contributed by atoms with van der Waals surface area (Å²) in [6.45, 7) is 0. The molecule has 7 aromatic carbocycles. The normalized spacial score (nSPS) is 11.6. The number of aromatic hydroxyl groups is 1. The molecular weight excluding hydrogens is 1050 g/mol. The fourth-order valence-corrected chi connectivity index (χ4v) is 7.50. The number of carboxylic acids is 1. The van der Waals surface area contributed by atoms with Crippen LogP contribution in [0.15, 0.2) is 65.6 Å². The van der Waals surface area contributed by atoms with Gasteiger partial charge in [0.15, 0.2) is 39.7 Å². The highest BCUT2D eigenvalue weighted by Crippen LogP contribution is 2.54. The molecule has 72 heavy (non-hydrogen) atoms. The molecular formula is C45H16F20O6S. The van der Waals surface area contributed by atoms with E-state index in [9.17, 15) is 94.0 Å². The number of hydrogen-bond acceptors (Lipinski definition) is 6. The van der Waals surface area contributed by atoms with Gasteiger partial charge in [-0.2, -0.15) is 26.3 Å². The Bertz CT molecular complexity index is 3210. The number of halogens is 20. The van der Waals surface area contributed by atoms with Crippen LogP contribution >= 0.6 is 0 Å². The summed E-state index contributed by atoms with van der Waals surface area (Å²) in [4.78, 5) is 13.6. The van der Waals surface area contributed by atoms with Crippen LogP contribution < -0.4 is 19.3 Å². The van der Waals surface area contributed by atoms with Crippen LogP contribution in [0.25, 0.3) is 11.1 Å². The first-order valence-electron chi connectivity index (χ1n) is 18.7. The second-order valence-electron chi connectivity index (χ2n) is 14.0. The van der Waals surface area contributed by atoms with Crippen molar-refractivity contribution in [2.75, 3.05) is 6.26 Å². The number of phenolic OH excluding ortho intramolecular Hbond substituents is 1. The first-order chi connectivity index (χ1) is 33.7. The summed E-state index contributed by atoms with van der Waals surface area (Å²) in [6.07, 6.45) is 2.24. The molecule has 0 aliphatic heterocycles. The van der Waals surface area contributed by atoms with Gasteiger partial charge in [-0.1, -0.05) is 30.3 Å². The number of carboxylic acid groups (broad SMARTS) is 1. The molecule has 0 aromatic heterocycles. The van der Waals surface area contributed by atoms with Crippen LogP contribution in [-0.2, 0) is 16.6 Å². The fourth-order valence-electron chi connectivity index (χ4n) is 6.04. The first-order valence-corrected chi connectivity index (χ1v) is 20.5. The third-order valence-corrected chi connectivity index (χ3v) is 11.3. The number of hydrogen-bond donors (Lipinski definition) is 1. The van der Waals surface area contributed by atoms with Crippen LogP contribution in [0, 0.1) is 116 Å². The molecule has 1 unspecified atom stereocenters. The molecule has 0 radical (unpaired) electrons. The Morgan fingerprint density at radius 3 is 1.14 bits per heavy atom. The van der Waals surface area contributed by atoms with Gasteiger partial charge in [0.05, 0.1) is 11.5 Å². The minimum atomic E-state index is -3.17. The minimum Gasteiger partial charge on any atom is -0.545 e. The maximum atomic E-state index is 15.2. The van der Waals surface area contributed by atoms with E-state index in [0.717, 1.165) is 5.75 Å². The largest absolute Gasteiger partial charge is 0.545 e. The van der Waals surface area contributed by atoms with Gasteiger partial charge < -0.3 is 29.2 Å². The molecule has 0 aliphatic rings. The van der Waals surface area contributed by atoms with Crippen LogP contribution in [-0.4, -0.2) is 17.3 Å². The maximum Gasteiger partial charge on any atom is 0.213 e. The third-order valence-electron chi connectivity index (χ3n) is 9.48. The number of benzene rings is 7. The van der Waals surface area contributed by atoms with Crippen molar-refractivity contribution in [1.29, 1.82) is 0 Å². The predicted octanol–water partition coefficient (Wildman–Crippen LogP) is 13.1. The Kier molecular flexibility index (Phi) is 15.5. The van der Waals surface area contributed by atoms with E-state index in [1.807, 2.05) is 18.2 Å². The Balaban J connectivity index is 0.000000446. The molecule has 0 amide bonds. The van der Waals surface area contributed by atoms with Gasteiger partial charge in [-0.05, 0) is 30.3 Å². The average molecular weight is 1060 g/mol. The van der Waals surface area contributed by atoms with E-state index in [1.54, 1.807) is 12.1 Å². The van der Waals surface area contributed by atoms with E-state index in [1.165, 1.54) is 10.5 Å². The summed E-state index contributed by atoms with van der Waals surface area (Å²) in [5, 5.41) is 21.5. The first kappa shape index (κ1) is 53.5. The van der Waals surface area contributed by atoms with Crippen molar-refractivity contribution in [3.8, 4) is 51.4 Å². The summed E-state index contributed by atoms with van der Waals surface area (Å²) in [5.74, 6) is -79.8. The fraction of sp³-hybridized carbons (Fsp3) is 0.0444. The standard InChI is InChI=1S/C31H2F20O5.C14H14OS/c32-6-5(7(33)9(35)10(36)8(6)34)4-2(31(52)53)1-3(54-28-20(46)14(40)11(37)15(41)21(28)47)26(55-29-22(48)16(42)12(38)17(43)23(29)49)27(4)56-30-24(50)18(44)13(39)19(45)25(30)51;1-16(11-12-5-3-2-4-6-12)14-9-7-13(15)8-10-14/h1H,(H,52,53);2-10H,11H2,1H3. The zero-order valence-electron chi connectivity index (χ0n) is 34.4. The van der Waals surface area contributed by atoms with E-state index in [-0.39, 0.29) is 10.9 Å². The molecule has 6 nitrogen and oxygen atoms in total. The molecule has 1 atom stereocenters. The van der Waals surface area contributed by atoms with Crippen molar-refractivity contribution >= 4 is 16.9 Å². The van der Waals surface area contributed by atoms with E-state index >= 15 is 8.78 Å². The lowest BCUT2D eigenvalue weighted by molar-refractivity contribution is -0.255. The van der Waals surface area contributed by atoms with Gasteiger partial charge in [0.25, 0.3) is 0 Å². The molecule has 7 aromatic rings. The van der Waals surface area contributed by atoms with E-state index in [4.69, 9.17) is 0 Å². The summed E-state index contributed by atoms with van der Waals surface area (Å²) >= 11 is 0. The van der Waals surface area contributed by atoms with Gasteiger partial charge >= 0.3 is 0 Å². The lowest BCUT2D eigenvalue weighted by atomic mass is 9.95. The molecule has 378 valence electrons. The number of rotatable bonds is 11. The number of aromatic carboxylic acids is 1. The highest BCUT2D eigenvalue weighted by Gasteiger charge is 2.39. The van der Waals surface area contributed by atoms with Crippen molar-refractivity contribution in [3.05, 3.63) is 188 Å². The molecule has 0 fully saturated rings. The number of carbonyl (C=O) groups excluding carboxylic acids is 1. The van der Waals surface area contributed by atoms with Gasteiger partial charge in [-0.15, -0.1) is 0 Å². The van der Waals surface area contributed by atoms with Crippen molar-refractivity contribution < 1.29 is 117 Å². The Hall–Kier alpha value is -7.84.